The van der Waals surface area contributed by atoms with Gasteiger partial charge in [0.05, 0.1) is 5.56 Å². The second kappa shape index (κ2) is 7.03. The van der Waals surface area contributed by atoms with Gasteiger partial charge in [0, 0.05) is 5.56 Å². The molecule has 6 heteroatoms. The lowest BCUT2D eigenvalue weighted by molar-refractivity contribution is -0.133. The van der Waals surface area contributed by atoms with Gasteiger partial charge in [-0.25, -0.2) is 9.59 Å². The fourth-order valence-electron chi connectivity index (χ4n) is 1.68. The Morgan fingerprint density at radius 1 is 0.909 bits per heavy atom. The molecule has 22 heavy (non-hydrogen) atoms. The third-order valence-corrected chi connectivity index (χ3v) is 2.76. The van der Waals surface area contributed by atoms with Crippen LogP contribution in [0.25, 0.3) is 0 Å². The van der Waals surface area contributed by atoms with Crippen molar-refractivity contribution in [3.05, 3.63) is 65.7 Å². The molecule has 0 saturated carbocycles. The summed E-state index contributed by atoms with van der Waals surface area (Å²) in [6.45, 7) is -0.283. The summed E-state index contributed by atoms with van der Waals surface area (Å²) in [4.78, 5) is 34.0. The standard InChI is InChI=1S/C16H13NO5/c18-14(10-17-15(19)11-4-2-1-3-5-11)22-13-8-6-12(7-9-13)16(20)21/h1-9H,10H2,(H,17,19)(H,20,21). The van der Waals surface area contributed by atoms with Crippen molar-refractivity contribution >= 4 is 17.8 Å². The van der Waals surface area contributed by atoms with Crippen LogP contribution in [-0.4, -0.2) is 29.5 Å². The van der Waals surface area contributed by atoms with Crippen LogP contribution in [0.4, 0.5) is 0 Å². The van der Waals surface area contributed by atoms with Gasteiger partial charge >= 0.3 is 11.9 Å². The summed E-state index contributed by atoms with van der Waals surface area (Å²) in [5, 5.41) is 11.2. The number of carboxylic acids is 1. The molecule has 0 atom stereocenters. The number of amides is 1. The molecule has 2 aromatic rings. The molecule has 0 saturated heterocycles. The summed E-state index contributed by atoms with van der Waals surface area (Å²) in [5.41, 5.74) is 0.540. The lowest BCUT2D eigenvalue weighted by Gasteiger charge is -2.06. The molecule has 0 heterocycles. The fourth-order valence-corrected chi connectivity index (χ4v) is 1.68. The van der Waals surface area contributed by atoms with Crippen LogP contribution in [0.3, 0.4) is 0 Å². The number of carboxylic acid groups (broad SMARTS) is 1. The summed E-state index contributed by atoms with van der Waals surface area (Å²) in [7, 11) is 0. The topological polar surface area (TPSA) is 92.7 Å². The van der Waals surface area contributed by atoms with Gasteiger partial charge in [-0.15, -0.1) is 0 Å². The van der Waals surface area contributed by atoms with Crippen molar-refractivity contribution in [2.45, 2.75) is 0 Å². The molecular formula is C16H13NO5. The van der Waals surface area contributed by atoms with E-state index in [0.717, 1.165) is 0 Å². The maximum absolute atomic E-state index is 11.7. The number of aromatic carboxylic acids is 1. The third kappa shape index (κ3) is 4.17. The molecule has 0 aromatic heterocycles. The van der Waals surface area contributed by atoms with Crippen LogP contribution in [0.2, 0.25) is 0 Å². The first kappa shape index (κ1) is 15.2. The van der Waals surface area contributed by atoms with Crippen LogP contribution in [0, 0.1) is 0 Å². The van der Waals surface area contributed by atoms with Crippen molar-refractivity contribution in [3.63, 3.8) is 0 Å². The summed E-state index contributed by atoms with van der Waals surface area (Å²) < 4.78 is 4.99. The zero-order valence-electron chi connectivity index (χ0n) is 11.5. The predicted molar refractivity (Wildman–Crippen MR) is 77.8 cm³/mol. The number of nitrogens with one attached hydrogen (secondary N) is 1. The zero-order valence-corrected chi connectivity index (χ0v) is 11.5. The second-order valence-corrected chi connectivity index (χ2v) is 4.35. The molecule has 2 aromatic carbocycles. The first-order valence-corrected chi connectivity index (χ1v) is 6.43. The molecule has 2 N–H and O–H groups in total. The first-order valence-electron chi connectivity index (χ1n) is 6.43. The number of hydrogen-bond donors (Lipinski definition) is 2. The van der Waals surface area contributed by atoms with Crippen LogP contribution in [0.1, 0.15) is 20.7 Å². The summed E-state index contributed by atoms with van der Waals surface area (Å²) in [6.07, 6.45) is 0. The normalized spacial score (nSPS) is 9.82. The Bertz CT molecular complexity index is 679. The molecule has 0 aliphatic carbocycles. The number of carbonyl (C=O) groups is 3. The number of ether oxygens (including phenoxy) is 1. The van der Waals surface area contributed by atoms with Crippen molar-refractivity contribution in [3.8, 4) is 5.75 Å². The number of esters is 1. The summed E-state index contributed by atoms with van der Waals surface area (Å²) in [6, 6.07) is 13.9. The van der Waals surface area contributed by atoms with Gasteiger partial charge in [0.1, 0.15) is 12.3 Å². The minimum atomic E-state index is -1.06. The highest BCUT2D eigenvalue weighted by Gasteiger charge is 2.10. The van der Waals surface area contributed by atoms with E-state index in [0.29, 0.717) is 5.56 Å². The Balaban J connectivity index is 1.85. The van der Waals surface area contributed by atoms with Gasteiger partial charge in [0.15, 0.2) is 0 Å². The highest BCUT2D eigenvalue weighted by atomic mass is 16.5. The van der Waals surface area contributed by atoms with Crippen LogP contribution in [0.15, 0.2) is 54.6 Å². The molecule has 0 aliphatic rings. The van der Waals surface area contributed by atoms with E-state index in [1.165, 1.54) is 24.3 Å². The predicted octanol–water partition coefficient (Wildman–Crippen LogP) is 1.72. The largest absolute Gasteiger partial charge is 0.478 e. The highest BCUT2D eigenvalue weighted by molar-refractivity contribution is 5.96. The number of carbonyl (C=O) groups excluding carboxylic acids is 2. The van der Waals surface area contributed by atoms with Crippen molar-refractivity contribution in [2.75, 3.05) is 6.54 Å². The van der Waals surface area contributed by atoms with Crippen molar-refractivity contribution in [1.82, 2.24) is 5.32 Å². The Hall–Kier alpha value is -3.15. The molecule has 1 amide bonds. The van der Waals surface area contributed by atoms with Crippen LogP contribution in [0.5, 0.6) is 5.75 Å². The quantitative estimate of drug-likeness (QED) is 0.648. The zero-order chi connectivity index (χ0) is 15.9. The Morgan fingerprint density at radius 2 is 1.55 bits per heavy atom. The van der Waals surface area contributed by atoms with Gasteiger partial charge in [-0.2, -0.15) is 0 Å². The summed E-state index contributed by atoms with van der Waals surface area (Å²) >= 11 is 0. The number of hydrogen-bond acceptors (Lipinski definition) is 4. The van der Waals surface area contributed by atoms with Crippen LogP contribution < -0.4 is 10.1 Å². The maximum atomic E-state index is 11.7. The van der Waals surface area contributed by atoms with E-state index in [1.54, 1.807) is 30.3 Å². The molecule has 112 valence electrons. The first-order chi connectivity index (χ1) is 10.6. The third-order valence-electron chi connectivity index (χ3n) is 2.76. The molecule has 2 rings (SSSR count). The molecule has 0 radical (unpaired) electrons. The Labute approximate surface area is 126 Å². The van der Waals surface area contributed by atoms with E-state index in [4.69, 9.17) is 9.84 Å². The van der Waals surface area contributed by atoms with Gasteiger partial charge in [-0.05, 0) is 36.4 Å². The van der Waals surface area contributed by atoms with Crippen molar-refractivity contribution in [1.29, 1.82) is 0 Å². The number of rotatable bonds is 5. The van der Waals surface area contributed by atoms with E-state index in [2.05, 4.69) is 5.32 Å². The SMILES string of the molecule is O=C(CNC(=O)c1ccccc1)Oc1ccc(C(=O)O)cc1. The minimum Gasteiger partial charge on any atom is -0.478 e. The van der Waals surface area contributed by atoms with Crippen LogP contribution >= 0.6 is 0 Å². The van der Waals surface area contributed by atoms with Crippen molar-refractivity contribution in [2.24, 2.45) is 0 Å². The average Bonchev–Trinajstić information content (AvgIpc) is 2.54. The number of benzene rings is 2. The molecule has 0 aliphatic heterocycles. The van der Waals surface area contributed by atoms with Crippen molar-refractivity contribution < 1.29 is 24.2 Å². The van der Waals surface area contributed by atoms with Crippen LogP contribution in [-0.2, 0) is 4.79 Å². The minimum absolute atomic E-state index is 0.0946. The van der Waals surface area contributed by atoms with E-state index < -0.39 is 11.9 Å². The van der Waals surface area contributed by atoms with E-state index >= 15 is 0 Å². The lowest BCUT2D eigenvalue weighted by atomic mass is 10.2. The van der Waals surface area contributed by atoms with Gasteiger partial charge < -0.3 is 15.2 Å². The molecule has 6 nitrogen and oxygen atoms in total. The molecule has 0 unspecified atom stereocenters. The van der Waals surface area contributed by atoms with Gasteiger partial charge in [0.2, 0.25) is 0 Å². The van der Waals surface area contributed by atoms with Gasteiger partial charge in [0.25, 0.3) is 5.91 Å². The Kier molecular flexibility index (Phi) is 4.87. The maximum Gasteiger partial charge on any atom is 0.335 e. The monoisotopic (exact) mass is 299 g/mol. The van der Waals surface area contributed by atoms with E-state index in [1.807, 2.05) is 0 Å². The fraction of sp³-hybridized carbons (Fsp3) is 0.0625. The smallest absolute Gasteiger partial charge is 0.335 e. The van der Waals surface area contributed by atoms with Gasteiger partial charge in [-0.1, -0.05) is 18.2 Å². The Morgan fingerprint density at radius 3 is 2.14 bits per heavy atom. The highest BCUT2D eigenvalue weighted by Crippen LogP contribution is 2.12. The molecular weight excluding hydrogens is 286 g/mol. The lowest BCUT2D eigenvalue weighted by Crippen LogP contribution is -2.31. The molecule has 0 spiro atoms. The van der Waals surface area contributed by atoms with E-state index in [9.17, 15) is 14.4 Å². The van der Waals surface area contributed by atoms with Gasteiger partial charge in [-0.3, -0.25) is 4.79 Å². The molecule has 0 fully saturated rings. The van der Waals surface area contributed by atoms with E-state index in [-0.39, 0.29) is 23.8 Å². The summed E-state index contributed by atoms with van der Waals surface area (Å²) in [5.74, 6) is -1.87. The molecule has 0 bridgehead atoms. The average molecular weight is 299 g/mol. The second-order valence-electron chi connectivity index (χ2n) is 4.35.